The van der Waals surface area contributed by atoms with Crippen LogP contribution >= 0.6 is 0 Å². The number of nitrogens with zero attached hydrogens (tertiary/aromatic N) is 2. The number of nitrogens with two attached hydrogens (primary N) is 2. The van der Waals surface area contributed by atoms with Crippen LogP contribution in [-0.2, 0) is 17.9 Å². The number of carbonyl (C=O) groups is 1. The number of hydrogen-bond donors (Lipinski definition) is 2. The lowest BCUT2D eigenvalue weighted by Crippen LogP contribution is -2.39. The van der Waals surface area contributed by atoms with E-state index in [9.17, 15) is 0 Å². The van der Waals surface area contributed by atoms with Crippen molar-refractivity contribution < 1.29 is 14.5 Å². The van der Waals surface area contributed by atoms with Crippen molar-refractivity contribution in [1.29, 1.82) is 0 Å². The predicted molar refractivity (Wildman–Crippen MR) is 58.2 cm³/mol. The minimum atomic E-state index is -1.08. The molecule has 0 aliphatic heterocycles. The van der Waals surface area contributed by atoms with E-state index < -0.39 is 5.97 Å². The molecule has 0 atom stereocenters. The van der Waals surface area contributed by atoms with E-state index in [2.05, 4.69) is 16.1 Å². The maximum atomic E-state index is 8.89. The van der Waals surface area contributed by atoms with Gasteiger partial charge in [-0.05, 0) is 6.92 Å². The Morgan fingerprint density at radius 3 is 2.50 bits per heavy atom. The topological polar surface area (TPSA) is 101 Å². The van der Waals surface area contributed by atoms with Gasteiger partial charge in [0.25, 0.3) is 5.82 Å². The van der Waals surface area contributed by atoms with Crippen molar-refractivity contribution >= 4 is 5.97 Å². The molecule has 0 saturated carbocycles. The number of rotatable bonds is 4. The molecule has 0 fully saturated rings. The van der Waals surface area contributed by atoms with E-state index in [1.807, 2.05) is 12.4 Å². The van der Waals surface area contributed by atoms with Gasteiger partial charge in [-0.1, -0.05) is 0 Å². The molecule has 1 aromatic heterocycles. The van der Waals surface area contributed by atoms with E-state index in [1.54, 1.807) is 0 Å². The molecule has 6 nitrogen and oxygen atoms in total. The zero-order chi connectivity index (χ0) is 12.6. The van der Waals surface area contributed by atoms with E-state index in [0.29, 0.717) is 13.1 Å². The fraction of sp³-hybridized carbons (Fsp3) is 0.600. The van der Waals surface area contributed by atoms with Crippen LogP contribution in [0, 0.1) is 6.92 Å². The first kappa shape index (κ1) is 14.6. The molecule has 0 amide bonds. The Morgan fingerprint density at radius 1 is 1.50 bits per heavy atom. The Bertz CT molecular complexity index is 295. The fourth-order valence-electron chi connectivity index (χ4n) is 1.29. The van der Waals surface area contributed by atoms with Crippen LogP contribution in [0.2, 0.25) is 0 Å². The highest BCUT2D eigenvalue weighted by Crippen LogP contribution is 1.91. The van der Waals surface area contributed by atoms with Gasteiger partial charge in [0, 0.05) is 26.0 Å². The van der Waals surface area contributed by atoms with E-state index in [4.69, 9.17) is 21.4 Å². The Hall–Kier alpha value is -1.40. The molecule has 0 radical (unpaired) electrons. The number of aliphatic carboxylic acids is 1. The number of hydrogen-bond acceptors (Lipinski definition) is 4. The summed E-state index contributed by atoms with van der Waals surface area (Å²) in [6.07, 6.45) is 4.08. The molecule has 0 aromatic carbocycles. The molecule has 0 aliphatic carbocycles. The molecule has 16 heavy (non-hydrogen) atoms. The summed E-state index contributed by atoms with van der Waals surface area (Å²) in [7, 11) is 0. The standard InChI is InChI=1S/C8H17N4.C2H4O2/c1-8-11(4-2-9)6-7-12(8)5-3-10;1-2(3)4/h6-7H,2-5,9-10H2,1H3;1H3,(H,3,4)/q+1;/p-1. The third-order valence-corrected chi connectivity index (χ3v) is 2.00. The number of aromatic nitrogens is 2. The van der Waals surface area contributed by atoms with Crippen LogP contribution in [0.1, 0.15) is 12.7 Å². The van der Waals surface area contributed by atoms with Crippen molar-refractivity contribution in [2.45, 2.75) is 26.9 Å². The second-order valence-electron chi connectivity index (χ2n) is 3.30. The number of carboxylic acids is 1. The van der Waals surface area contributed by atoms with E-state index in [0.717, 1.165) is 20.0 Å². The van der Waals surface area contributed by atoms with Crippen LogP contribution < -0.4 is 21.1 Å². The number of carboxylic acid groups (broad SMARTS) is 1. The maximum absolute atomic E-state index is 8.89. The Balaban J connectivity index is 0.000000487. The van der Waals surface area contributed by atoms with Crippen LogP contribution in [0.4, 0.5) is 0 Å². The summed E-state index contributed by atoms with van der Waals surface area (Å²) in [4.78, 5) is 8.89. The van der Waals surface area contributed by atoms with Gasteiger partial charge >= 0.3 is 0 Å². The molecule has 0 spiro atoms. The van der Waals surface area contributed by atoms with Crippen molar-refractivity contribution in [2.75, 3.05) is 13.1 Å². The van der Waals surface area contributed by atoms with Gasteiger partial charge in [0.1, 0.15) is 25.5 Å². The van der Waals surface area contributed by atoms with Crippen molar-refractivity contribution in [3.8, 4) is 0 Å². The SMILES string of the molecule is CC(=O)[O-].Cc1n(CCN)cc[n+]1CCN. The summed E-state index contributed by atoms with van der Waals surface area (Å²) in [5, 5.41) is 8.89. The van der Waals surface area contributed by atoms with Crippen LogP contribution in [0.25, 0.3) is 0 Å². The van der Waals surface area contributed by atoms with Crippen LogP contribution in [0.15, 0.2) is 12.4 Å². The molecule has 1 rings (SSSR count). The highest BCUT2D eigenvalue weighted by molar-refractivity contribution is 5.60. The fourth-order valence-corrected chi connectivity index (χ4v) is 1.29. The van der Waals surface area contributed by atoms with Gasteiger partial charge < -0.3 is 21.4 Å². The highest BCUT2D eigenvalue weighted by atomic mass is 16.4. The van der Waals surface area contributed by atoms with Crippen LogP contribution in [0.5, 0.6) is 0 Å². The summed E-state index contributed by atoms with van der Waals surface area (Å²) in [6, 6.07) is 0. The van der Waals surface area contributed by atoms with Gasteiger partial charge in [0.15, 0.2) is 0 Å². The summed E-state index contributed by atoms with van der Waals surface area (Å²) >= 11 is 0. The third kappa shape index (κ3) is 5.47. The normalized spacial score (nSPS) is 9.50. The molecule has 92 valence electrons. The molecule has 6 heteroatoms. The molecule has 0 bridgehead atoms. The summed E-state index contributed by atoms with van der Waals surface area (Å²) in [5.74, 6) is 0.130. The largest absolute Gasteiger partial charge is 0.550 e. The lowest BCUT2D eigenvalue weighted by Gasteiger charge is -1.97. The maximum Gasteiger partial charge on any atom is 0.253 e. The van der Waals surface area contributed by atoms with E-state index in [1.165, 1.54) is 5.82 Å². The molecule has 1 aromatic rings. The molecular weight excluding hydrogens is 208 g/mol. The van der Waals surface area contributed by atoms with Gasteiger partial charge in [-0.25, -0.2) is 9.13 Å². The summed E-state index contributed by atoms with van der Waals surface area (Å²) in [6.45, 7) is 6.16. The Kier molecular flexibility index (Phi) is 7.15. The monoisotopic (exact) mass is 228 g/mol. The predicted octanol–water partition coefficient (Wildman–Crippen LogP) is -2.24. The zero-order valence-electron chi connectivity index (χ0n) is 9.85. The average molecular weight is 228 g/mol. The minimum Gasteiger partial charge on any atom is -0.550 e. The highest BCUT2D eigenvalue weighted by Gasteiger charge is 2.09. The lowest BCUT2D eigenvalue weighted by atomic mass is 10.5. The molecule has 1 heterocycles. The quantitative estimate of drug-likeness (QED) is 0.569. The Morgan fingerprint density at radius 2 is 2.06 bits per heavy atom. The van der Waals surface area contributed by atoms with Gasteiger partial charge in [-0.2, -0.15) is 0 Å². The van der Waals surface area contributed by atoms with Gasteiger partial charge in [-0.15, -0.1) is 0 Å². The molecule has 0 unspecified atom stereocenters. The zero-order valence-corrected chi connectivity index (χ0v) is 9.85. The average Bonchev–Trinajstić information content (AvgIpc) is 2.50. The number of imidazole rings is 1. The van der Waals surface area contributed by atoms with Gasteiger partial charge in [0.2, 0.25) is 0 Å². The van der Waals surface area contributed by atoms with Crippen molar-refractivity contribution in [3.05, 3.63) is 18.2 Å². The second kappa shape index (κ2) is 7.84. The van der Waals surface area contributed by atoms with Gasteiger partial charge in [-0.3, -0.25) is 0 Å². The first-order chi connectivity index (χ1) is 7.52. The van der Waals surface area contributed by atoms with E-state index >= 15 is 0 Å². The van der Waals surface area contributed by atoms with Crippen molar-refractivity contribution in [2.24, 2.45) is 11.5 Å². The number of carbonyl (C=O) groups excluding carboxylic acids is 1. The third-order valence-electron chi connectivity index (χ3n) is 2.00. The smallest absolute Gasteiger partial charge is 0.253 e. The molecule has 4 N–H and O–H groups in total. The van der Waals surface area contributed by atoms with Gasteiger partial charge in [0.05, 0.1) is 0 Å². The van der Waals surface area contributed by atoms with Crippen LogP contribution in [-0.4, -0.2) is 23.6 Å². The lowest BCUT2D eigenvalue weighted by molar-refractivity contribution is -0.700. The minimum absolute atomic E-state index is 0.679. The van der Waals surface area contributed by atoms with Crippen molar-refractivity contribution in [1.82, 2.24) is 4.57 Å². The van der Waals surface area contributed by atoms with Crippen LogP contribution in [0.3, 0.4) is 0 Å². The molecule has 0 saturated heterocycles. The summed E-state index contributed by atoms with van der Waals surface area (Å²) < 4.78 is 4.27. The first-order valence-electron chi connectivity index (χ1n) is 5.15. The first-order valence-corrected chi connectivity index (χ1v) is 5.15. The van der Waals surface area contributed by atoms with E-state index in [-0.39, 0.29) is 0 Å². The summed E-state index contributed by atoms with van der Waals surface area (Å²) in [5.41, 5.74) is 10.9. The molecule has 0 aliphatic rings. The van der Waals surface area contributed by atoms with Crippen molar-refractivity contribution in [3.63, 3.8) is 0 Å². The molecular formula is C10H20N4O2. The second-order valence-corrected chi connectivity index (χ2v) is 3.30. The Labute approximate surface area is 95.5 Å².